The van der Waals surface area contributed by atoms with Crippen molar-refractivity contribution in [3.63, 3.8) is 0 Å². The van der Waals surface area contributed by atoms with Gasteiger partial charge in [0.2, 0.25) is 0 Å². The van der Waals surface area contributed by atoms with E-state index >= 15 is 0 Å². The summed E-state index contributed by atoms with van der Waals surface area (Å²) in [7, 11) is 0. The first-order valence-electron chi connectivity index (χ1n) is 8.24. The Bertz CT molecular complexity index is 1030. The molecule has 0 N–H and O–H groups in total. The van der Waals surface area contributed by atoms with E-state index < -0.39 is 0 Å². The van der Waals surface area contributed by atoms with E-state index in [1.165, 1.54) is 28.0 Å². The number of anilines is 1. The smallest absolute Gasteiger partial charge is 0.268 e. The number of halogens is 1. The van der Waals surface area contributed by atoms with Crippen molar-refractivity contribution in [2.75, 3.05) is 4.90 Å². The van der Waals surface area contributed by atoms with Gasteiger partial charge in [-0.15, -0.1) is 23.1 Å². The molecule has 1 aliphatic heterocycles. The van der Waals surface area contributed by atoms with Crippen LogP contribution in [0.2, 0.25) is 0 Å². The highest BCUT2D eigenvalue weighted by Gasteiger charge is 2.40. The van der Waals surface area contributed by atoms with Crippen molar-refractivity contribution in [3.05, 3.63) is 91.9 Å². The Balaban J connectivity index is 1.72. The van der Waals surface area contributed by atoms with Gasteiger partial charge >= 0.3 is 0 Å². The number of thiophene rings is 1. The molecule has 134 valence electrons. The zero-order valence-corrected chi connectivity index (χ0v) is 17.3. The Morgan fingerprint density at radius 1 is 0.926 bits per heavy atom. The number of nitrogens with zero attached hydrogens (tertiary/aromatic N) is 1. The SMILES string of the molecule is O=C1C(SCc2ccccc2)=C(c2cccs2)C(=O)N1c1cccc(Br)c1. The number of carbonyl (C=O) groups excluding carboxylic acids is 2. The van der Waals surface area contributed by atoms with Crippen LogP contribution in [0.5, 0.6) is 0 Å². The minimum Gasteiger partial charge on any atom is -0.268 e. The normalized spacial score (nSPS) is 14.3. The van der Waals surface area contributed by atoms with Crippen LogP contribution in [0.3, 0.4) is 0 Å². The van der Waals surface area contributed by atoms with E-state index in [-0.39, 0.29) is 11.8 Å². The van der Waals surface area contributed by atoms with Gasteiger partial charge in [-0.3, -0.25) is 9.59 Å². The summed E-state index contributed by atoms with van der Waals surface area (Å²) in [5.41, 5.74) is 2.18. The fourth-order valence-corrected chi connectivity index (χ4v) is 5.14. The Hall–Kier alpha value is -2.15. The molecule has 1 aromatic heterocycles. The summed E-state index contributed by atoms with van der Waals surface area (Å²) in [5, 5.41) is 1.92. The third kappa shape index (κ3) is 3.65. The molecule has 0 aliphatic carbocycles. The molecule has 0 fully saturated rings. The second-order valence-electron chi connectivity index (χ2n) is 5.88. The van der Waals surface area contributed by atoms with Crippen LogP contribution in [0.1, 0.15) is 10.4 Å². The molecule has 0 saturated heterocycles. The topological polar surface area (TPSA) is 37.4 Å². The summed E-state index contributed by atoms with van der Waals surface area (Å²) in [6, 6.07) is 21.0. The highest BCUT2D eigenvalue weighted by Crippen LogP contribution is 2.41. The van der Waals surface area contributed by atoms with Gasteiger partial charge in [-0.25, -0.2) is 4.90 Å². The van der Waals surface area contributed by atoms with E-state index in [2.05, 4.69) is 15.9 Å². The number of imide groups is 1. The van der Waals surface area contributed by atoms with Crippen molar-refractivity contribution >= 4 is 62.1 Å². The van der Waals surface area contributed by atoms with Gasteiger partial charge in [-0.1, -0.05) is 58.4 Å². The lowest BCUT2D eigenvalue weighted by atomic mass is 10.2. The molecular formula is C21H14BrNO2S2. The molecule has 0 radical (unpaired) electrons. The van der Waals surface area contributed by atoms with Crippen molar-refractivity contribution in [2.24, 2.45) is 0 Å². The predicted molar refractivity (Wildman–Crippen MR) is 116 cm³/mol. The monoisotopic (exact) mass is 455 g/mol. The fraction of sp³-hybridized carbons (Fsp3) is 0.0476. The molecule has 2 amide bonds. The van der Waals surface area contributed by atoms with Crippen LogP contribution in [-0.2, 0) is 15.3 Å². The predicted octanol–water partition coefficient (Wildman–Crippen LogP) is 5.73. The highest BCUT2D eigenvalue weighted by atomic mass is 79.9. The average molecular weight is 456 g/mol. The Morgan fingerprint density at radius 2 is 1.74 bits per heavy atom. The van der Waals surface area contributed by atoms with Gasteiger partial charge in [0, 0.05) is 15.1 Å². The molecule has 1 aliphatic rings. The standard InChI is InChI=1S/C21H14BrNO2S2/c22-15-8-4-9-16(12-15)23-20(24)18(17-10-5-11-26-17)19(21(23)25)27-13-14-6-2-1-3-7-14/h1-12H,13H2. The largest absolute Gasteiger partial charge is 0.272 e. The third-order valence-electron chi connectivity index (χ3n) is 4.10. The summed E-state index contributed by atoms with van der Waals surface area (Å²) in [4.78, 5) is 28.9. The van der Waals surface area contributed by atoms with Crippen molar-refractivity contribution in [3.8, 4) is 0 Å². The van der Waals surface area contributed by atoms with Crippen molar-refractivity contribution < 1.29 is 9.59 Å². The number of hydrogen-bond donors (Lipinski definition) is 0. The van der Waals surface area contributed by atoms with Gasteiger partial charge in [0.15, 0.2) is 0 Å². The molecule has 6 heteroatoms. The fourth-order valence-electron chi connectivity index (χ4n) is 2.86. The summed E-state index contributed by atoms with van der Waals surface area (Å²) in [6.45, 7) is 0. The first-order chi connectivity index (χ1) is 13.1. The Labute approximate surface area is 173 Å². The van der Waals surface area contributed by atoms with Gasteiger partial charge in [0.05, 0.1) is 16.2 Å². The van der Waals surface area contributed by atoms with E-state index in [4.69, 9.17) is 0 Å². The first kappa shape index (κ1) is 18.2. The lowest BCUT2D eigenvalue weighted by molar-refractivity contribution is -0.119. The molecular weight excluding hydrogens is 442 g/mol. The zero-order chi connectivity index (χ0) is 18.8. The minimum atomic E-state index is -0.267. The quantitative estimate of drug-likeness (QED) is 0.461. The lowest BCUT2D eigenvalue weighted by Gasteiger charge is -2.15. The number of hydrogen-bond acceptors (Lipinski definition) is 4. The highest BCUT2D eigenvalue weighted by molar-refractivity contribution is 9.10. The molecule has 27 heavy (non-hydrogen) atoms. The third-order valence-corrected chi connectivity index (χ3v) is 6.63. The molecule has 3 aromatic rings. The molecule has 0 saturated carbocycles. The Kier molecular flexibility index (Phi) is 5.29. The number of rotatable bonds is 5. The first-order valence-corrected chi connectivity index (χ1v) is 10.9. The maximum atomic E-state index is 13.2. The number of benzene rings is 2. The number of thioether (sulfide) groups is 1. The van der Waals surface area contributed by atoms with E-state index in [1.807, 2.05) is 60.0 Å². The second kappa shape index (κ2) is 7.84. The van der Waals surface area contributed by atoms with Crippen LogP contribution in [-0.4, -0.2) is 11.8 Å². The maximum Gasteiger partial charge on any atom is 0.272 e. The van der Waals surface area contributed by atoms with E-state index in [0.29, 0.717) is 21.9 Å². The minimum absolute atomic E-state index is 0.262. The second-order valence-corrected chi connectivity index (χ2v) is 8.73. The van der Waals surface area contributed by atoms with E-state index in [0.717, 1.165) is 14.9 Å². The van der Waals surface area contributed by atoms with Gasteiger partial charge in [0.25, 0.3) is 11.8 Å². The summed E-state index contributed by atoms with van der Waals surface area (Å²) >= 11 is 6.31. The van der Waals surface area contributed by atoms with Gasteiger partial charge in [0.1, 0.15) is 0 Å². The molecule has 4 rings (SSSR count). The lowest BCUT2D eigenvalue weighted by Crippen LogP contribution is -2.31. The average Bonchev–Trinajstić information content (AvgIpc) is 3.27. The molecule has 2 aromatic carbocycles. The molecule has 0 bridgehead atoms. The maximum absolute atomic E-state index is 13.2. The molecule has 2 heterocycles. The molecule has 0 unspecified atom stereocenters. The number of carbonyl (C=O) groups is 2. The van der Waals surface area contributed by atoms with Crippen molar-refractivity contribution in [1.82, 2.24) is 0 Å². The van der Waals surface area contributed by atoms with Gasteiger partial charge in [-0.2, -0.15) is 0 Å². The van der Waals surface area contributed by atoms with Crippen molar-refractivity contribution in [1.29, 1.82) is 0 Å². The van der Waals surface area contributed by atoms with Crippen LogP contribution in [0.25, 0.3) is 5.57 Å². The summed E-state index contributed by atoms with van der Waals surface area (Å²) in [6.07, 6.45) is 0. The van der Waals surface area contributed by atoms with Crippen LogP contribution >= 0.6 is 39.0 Å². The zero-order valence-electron chi connectivity index (χ0n) is 14.1. The van der Waals surface area contributed by atoms with E-state index in [9.17, 15) is 9.59 Å². The van der Waals surface area contributed by atoms with Crippen LogP contribution in [0.4, 0.5) is 5.69 Å². The van der Waals surface area contributed by atoms with Crippen LogP contribution in [0.15, 0.2) is 81.5 Å². The van der Waals surface area contributed by atoms with Gasteiger partial charge < -0.3 is 0 Å². The molecule has 0 spiro atoms. The summed E-state index contributed by atoms with van der Waals surface area (Å²) < 4.78 is 0.823. The number of amides is 2. The molecule has 0 atom stereocenters. The van der Waals surface area contributed by atoms with Crippen molar-refractivity contribution in [2.45, 2.75) is 5.75 Å². The van der Waals surface area contributed by atoms with Crippen LogP contribution < -0.4 is 4.90 Å². The van der Waals surface area contributed by atoms with Gasteiger partial charge in [-0.05, 0) is 35.2 Å². The summed E-state index contributed by atoms with van der Waals surface area (Å²) in [5.74, 6) is 0.106. The Morgan fingerprint density at radius 3 is 2.44 bits per heavy atom. The van der Waals surface area contributed by atoms with E-state index in [1.54, 1.807) is 12.1 Å². The molecule has 3 nitrogen and oxygen atoms in total. The van der Waals surface area contributed by atoms with Crippen LogP contribution in [0, 0.1) is 0 Å².